The molecule has 1 atom stereocenters. The summed E-state index contributed by atoms with van der Waals surface area (Å²) in [4.78, 5) is 29.7. The van der Waals surface area contributed by atoms with Crippen LogP contribution in [0, 0.1) is 0 Å². The van der Waals surface area contributed by atoms with E-state index in [9.17, 15) is 19.8 Å². The molecule has 2 fully saturated rings. The lowest BCUT2D eigenvalue weighted by molar-refractivity contribution is -0.140. The molecule has 174 valence electrons. The van der Waals surface area contributed by atoms with Crippen LogP contribution in [0.4, 0.5) is 0 Å². The van der Waals surface area contributed by atoms with Crippen LogP contribution in [0.3, 0.4) is 0 Å². The van der Waals surface area contributed by atoms with Gasteiger partial charge in [-0.2, -0.15) is 0 Å². The van der Waals surface area contributed by atoms with Crippen LogP contribution >= 0.6 is 34.8 Å². The number of likely N-dealkylation sites (tertiary alicyclic amines) is 1. The number of aromatic hydroxyl groups is 1. The lowest BCUT2D eigenvalue weighted by Crippen LogP contribution is -2.42. The van der Waals surface area contributed by atoms with Gasteiger partial charge in [-0.25, -0.2) is 0 Å². The standard InChI is InChI=1S/C23H21Cl3N2O5/c24-14-2-4-18(29)15(12-14)21(30)19-20(13-1-3-16(25)17(26)11-13)28(23(32)22(19)31)6-5-27-7-9-33-10-8-27/h1-4,11-12,20,29-30H,5-10H2/t20-/m0/s1. The summed E-state index contributed by atoms with van der Waals surface area (Å²) in [5.74, 6) is -2.39. The fraction of sp³-hybridized carbons (Fsp3) is 0.304. The van der Waals surface area contributed by atoms with E-state index in [1.165, 1.54) is 23.1 Å². The minimum Gasteiger partial charge on any atom is -0.507 e. The Morgan fingerprint density at radius 2 is 1.73 bits per heavy atom. The van der Waals surface area contributed by atoms with E-state index in [1.807, 2.05) is 0 Å². The first-order chi connectivity index (χ1) is 15.8. The van der Waals surface area contributed by atoms with Gasteiger partial charge in [0.15, 0.2) is 0 Å². The molecule has 10 heteroatoms. The third-order valence-electron chi connectivity index (χ3n) is 5.77. The zero-order chi connectivity index (χ0) is 23.7. The number of phenols is 1. The largest absolute Gasteiger partial charge is 0.507 e. The van der Waals surface area contributed by atoms with Crippen LogP contribution in [0.25, 0.3) is 5.76 Å². The maximum atomic E-state index is 13.1. The summed E-state index contributed by atoms with van der Waals surface area (Å²) in [6, 6.07) is 7.95. The molecule has 2 aliphatic rings. The Balaban J connectivity index is 1.79. The molecule has 2 saturated heterocycles. The zero-order valence-corrected chi connectivity index (χ0v) is 19.7. The van der Waals surface area contributed by atoms with Crippen molar-refractivity contribution in [2.24, 2.45) is 0 Å². The molecule has 0 unspecified atom stereocenters. The predicted octanol–water partition coefficient (Wildman–Crippen LogP) is 4.11. The second kappa shape index (κ2) is 9.91. The molecular formula is C23H21Cl3N2O5. The minimum atomic E-state index is -0.917. The molecule has 0 bridgehead atoms. The monoisotopic (exact) mass is 510 g/mol. The number of aliphatic hydroxyl groups excluding tert-OH is 1. The molecule has 2 aromatic rings. The average molecular weight is 512 g/mol. The summed E-state index contributed by atoms with van der Waals surface area (Å²) in [6.07, 6.45) is 0. The van der Waals surface area contributed by atoms with E-state index in [-0.39, 0.29) is 33.5 Å². The van der Waals surface area contributed by atoms with E-state index < -0.39 is 23.5 Å². The number of ether oxygens (including phenoxy) is 1. The Morgan fingerprint density at radius 3 is 2.42 bits per heavy atom. The third-order valence-corrected chi connectivity index (χ3v) is 6.75. The molecule has 2 heterocycles. The fourth-order valence-corrected chi connectivity index (χ4v) is 4.54. The number of hydrogen-bond donors (Lipinski definition) is 2. The van der Waals surface area contributed by atoms with Crippen molar-refractivity contribution in [1.29, 1.82) is 0 Å². The molecule has 2 N–H and O–H groups in total. The van der Waals surface area contributed by atoms with Gasteiger partial charge in [-0.05, 0) is 35.9 Å². The van der Waals surface area contributed by atoms with Gasteiger partial charge in [-0.1, -0.05) is 40.9 Å². The number of amides is 1. The lowest BCUT2D eigenvalue weighted by atomic mass is 9.95. The van der Waals surface area contributed by atoms with Gasteiger partial charge in [0.25, 0.3) is 11.7 Å². The molecule has 0 aromatic heterocycles. The number of Topliss-reactive ketones (excluding diaryl/α,β-unsaturated/α-hetero) is 1. The van der Waals surface area contributed by atoms with Gasteiger partial charge >= 0.3 is 0 Å². The Labute approximate surface area is 205 Å². The maximum absolute atomic E-state index is 13.1. The highest BCUT2D eigenvalue weighted by Crippen LogP contribution is 2.42. The molecule has 2 aromatic carbocycles. The highest BCUT2D eigenvalue weighted by Gasteiger charge is 2.46. The van der Waals surface area contributed by atoms with E-state index in [2.05, 4.69) is 4.90 Å². The number of morpholine rings is 1. The van der Waals surface area contributed by atoms with Gasteiger partial charge in [-0.15, -0.1) is 0 Å². The smallest absolute Gasteiger partial charge is 0.295 e. The van der Waals surface area contributed by atoms with Gasteiger partial charge in [-0.3, -0.25) is 14.5 Å². The van der Waals surface area contributed by atoms with Crippen LogP contribution in [-0.2, 0) is 14.3 Å². The van der Waals surface area contributed by atoms with Crippen LogP contribution in [0.5, 0.6) is 5.75 Å². The topological polar surface area (TPSA) is 90.3 Å². The Morgan fingerprint density at radius 1 is 1.00 bits per heavy atom. The SMILES string of the molecule is O=C1C(=O)N(CCN2CCOCC2)[C@@H](c2ccc(Cl)c(Cl)c2)C1=C(O)c1cc(Cl)ccc1O. The molecule has 4 rings (SSSR count). The van der Waals surface area contributed by atoms with Gasteiger partial charge in [0.2, 0.25) is 0 Å². The number of halogens is 3. The fourth-order valence-electron chi connectivity index (χ4n) is 4.06. The maximum Gasteiger partial charge on any atom is 0.295 e. The average Bonchev–Trinajstić information content (AvgIpc) is 3.06. The predicted molar refractivity (Wildman–Crippen MR) is 126 cm³/mol. The highest BCUT2D eigenvalue weighted by atomic mass is 35.5. The van der Waals surface area contributed by atoms with Crippen LogP contribution < -0.4 is 0 Å². The molecular weight excluding hydrogens is 491 g/mol. The minimum absolute atomic E-state index is 0.0428. The van der Waals surface area contributed by atoms with Crippen molar-refractivity contribution in [1.82, 2.24) is 9.80 Å². The summed E-state index contributed by atoms with van der Waals surface area (Å²) in [7, 11) is 0. The number of aliphatic hydroxyl groups is 1. The van der Waals surface area contributed by atoms with E-state index >= 15 is 0 Å². The molecule has 0 aliphatic carbocycles. The van der Waals surface area contributed by atoms with Crippen LogP contribution in [-0.4, -0.2) is 71.1 Å². The first kappa shape index (κ1) is 23.9. The first-order valence-electron chi connectivity index (χ1n) is 10.3. The normalized spacial score (nSPS) is 21.1. The van der Waals surface area contributed by atoms with E-state index in [0.29, 0.717) is 30.3 Å². The summed E-state index contributed by atoms with van der Waals surface area (Å²) < 4.78 is 5.36. The van der Waals surface area contributed by atoms with E-state index in [0.717, 1.165) is 13.1 Å². The number of rotatable bonds is 5. The van der Waals surface area contributed by atoms with E-state index in [1.54, 1.807) is 18.2 Å². The van der Waals surface area contributed by atoms with Crippen molar-refractivity contribution < 1.29 is 24.5 Å². The highest BCUT2D eigenvalue weighted by molar-refractivity contribution is 6.47. The van der Waals surface area contributed by atoms with Crippen molar-refractivity contribution >= 4 is 52.3 Å². The van der Waals surface area contributed by atoms with Crippen molar-refractivity contribution in [2.75, 3.05) is 39.4 Å². The Hall–Kier alpha value is -2.29. The van der Waals surface area contributed by atoms with Gasteiger partial charge < -0.3 is 19.8 Å². The molecule has 0 saturated carbocycles. The molecule has 2 aliphatic heterocycles. The number of carbonyl (C=O) groups excluding carboxylic acids is 2. The first-order valence-corrected chi connectivity index (χ1v) is 11.4. The van der Waals surface area contributed by atoms with Crippen molar-refractivity contribution in [3.63, 3.8) is 0 Å². The molecule has 7 nitrogen and oxygen atoms in total. The second-order valence-corrected chi connectivity index (χ2v) is 9.03. The Kier molecular flexibility index (Phi) is 7.16. The summed E-state index contributed by atoms with van der Waals surface area (Å²) in [5.41, 5.74) is 0.310. The van der Waals surface area contributed by atoms with Crippen LogP contribution in [0.15, 0.2) is 42.0 Å². The molecule has 1 amide bonds. The summed E-state index contributed by atoms with van der Waals surface area (Å²) in [5, 5.41) is 22.2. The number of ketones is 1. The van der Waals surface area contributed by atoms with Gasteiger partial charge in [0.05, 0.1) is 40.4 Å². The van der Waals surface area contributed by atoms with Crippen molar-refractivity contribution in [3.05, 3.63) is 68.2 Å². The van der Waals surface area contributed by atoms with E-state index in [4.69, 9.17) is 39.5 Å². The van der Waals surface area contributed by atoms with Crippen molar-refractivity contribution in [3.8, 4) is 5.75 Å². The lowest BCUT2D eigenvalue weighted by Gasteiger charge is -2.31. The number of hydrogen-bond acceptors (Lipinski definition) is 6. The van der Waals surface area contributed by atoms with Crippen LogP contribution in [0.1, 0.15) is 17.2 Å². The summed E-state index contributed by atoms with van der Waals surface area (Å²) in [6.45, 7) is 3.41. The third kappa shape index (κ3) is 4.83. The second-order valence-electron chi connectivity index (χ2n) is 7.78. The number of benzene rings is 2. The number of nitrogens with zero attached hydrogens (tertiary/aromatic N) is 2. The summed E-state index contributed by atoms with van der Waals surface area (Å²) >= 11 is 18.3. The van der Waals surface area contributed by atoms with Crippen LogP contribution in [0.2, 0.25) is 15.1 Å². The number of phenolic OH excluding ortho intramolecular Hbond substituents is 1. The molecule has 0 spiro atoms. The van der Waals surface area contributed by atoms with Gasteiger partial charge in [0, 0.05) is 31.2 Å². The zero-order valence-electron chi connectivity index (χ0n) is 17.4. The number of carbonyl (C=O) groups is 2. The molecule has 0 radical (unpaired) electrons. The molecule has 33 heavy (non-hydrogen) atoms. The Bertz CT molecular complexity index is 1130. The quantitative estimate of drug-likeness (QED) is 0.357. The van der Waals surface area contributed by atoms with Crippen molar-refractivity contribution in [2.45, 2.75) is 6.04 Å². The van der Waals surface area contributed by atoms with Gasteiger partial charge in [0.1, 0.15) is 11.5 Å².